The van der Waals surface area contributed by atoms with Gasteiger partial charge in [-0.05, 0) is 19.9 Å². The molecule has 0 fully saturated rings. The van der Waals surface area contributed by atoms with Crippen LogP contribution in [-0.4, -0.2) is 6.04 Å². The maximum atomic E-state index is 5.11. The van der Waals surface area contributed by atoms with Crippen LogP contribution in [0, 0.1) is 0 Å². The second-order valence-electron chi connectivity index (χ2n) is 2.27. The maximum absolute atomic E-state index is 5.11. The fourth-order valence-electron chi connectivity index (χ4n) is 0.696. The molecule has 0 spiro atoms. The highest BCUT2D eigenvalue weighted by molar-refractivity contribution is 5.11. The van der Waals surface area contributed by atoms with Gasteiger partial charge in [0.1, 0.15) is 0 Å². The molecule has 2 heteroatoms. The molecule has 9 heavy (non-hydrogen) atoms. The molecule has 0 bridgehead atoms. The number of hydrogen-bond acceptors (Lipinski definition) is 2. The topological polar surface area (TPSA) is 21.3 Å². The fraction of sp³-hybridized carbons (Fsp3) is 0.429. The fourth-order valence-corrected chi connectivity index (χ4v) is 0.696. The van der Waals surface area contributed by atoms with Crippen molar-refractivity contribution in [1.82, 2.24) is 5.32 Å². The van der Waals surface area contributed by atoms with Gasteiger partial charge in [-0.25, -0.2) is 0 Å². The molecule has 50 valence electrons. The van der Waals surface area contributed by atoms with E-state index in [0.717, 1.165) is 11.6 Å². The number of ether oxygens (including phenoxy) is 1. The lowest BCUT2D eigenvalue weighted by Gasteiger charge is -2.24. The van der Waals surface area contributed by atoms with Crippen LogP contribution in [0.1, 0.15) is 13.8 Å². The zero-order chi connectivity index (χ0) is 6.85. The normalized spacial score (nSPS) is 23.3. The predicted molar refractivity (Wildman–Crippen MR) is 36.6 cm³/mol. The molecule has 1 N–H and O–H groups in total. The van der Waals surface area contributed by atoms with Crippen LogP contribution in [0.4, 0.5) is 0 Å². The lowest BCUT2D eigenvalue weighted by Crippen LogP contribution is -2.34. The summed E-state index contributed by atoms with van der Waals surface area (Å²) in [5, 5.41) is 3.05. The smallest absolute Gasteiger partial charge is 0.191 e. The van der Waals surface area contributed by atoms with E-state index in [4.69, 9.17) is 4.74 Å². The van der Waals surface area contributed by atoms with Gasteiger partial charge in [0, 0.05) is 6.04 Å². The minimum absolute atomic E-state index is 0.458. The second-order valence-corrected chi connectivity index (χ2v) is 2.27. The molecule has 1 heterocycles. The van der Waals surface area contributed by atoms with Gasteiger partial charge in [0.2, 0.25) is 0 Å². The summed E-state index contributed by atoms with van der Waals surface area (Å²) in [6.45, 7) is 7.48. The molecule has 1 rings (SSSR count). The van der Waals surface area contributed by atoms with E-state index in [-0.39, 0.29) is 0 Å². The van der Waals surface area contributed by atoms with Crippen LogP contribution in [0.25, 0.3) is 0 Å². The van der Waals surface area contributed by atoms with E-state index in [9.17, 15) is 0 Å². The van der Waals surface area contributed by atoms with Gasteiger partial charge < -0.3 is 10.1 Å². The third-order valence-electron chi connectivity index (χ3n) is 1.06. The van der Waals surface area contributed by atoms with Crippen LogP contribution in [0.5, 0.6) is 0 Å². The van der Waals surface area contributed by atoms with Crippen molar-refractivity contribution in [1.29, 1.82) is 0 Å². The first-order chi connectivity index (χ1) is 4.18. The summed E-state index contributed by atoms with van der Waals surface area (Å²) in [5.41, 5.74) is 0. The van der Waals surface area contributed by atoms with Crippen molar-refractivity contribution in [3.63, 3.8) is 0 Å². The zero-order valence-electron chi connectivity index (χ0n) is 5.77. The van der Waals surface area contributed by atoms with E-state index in [1.54, 1.807) is 0 Å². The molecule has 0 aliphatic carbocycles. The van der Waals surface area contributed by atoms with Crippen LogP contribution in [0.15, 0.2) is 24.3 Å². The van der Waals surface area contributed by atoms with E-state index < -0.39 is 0 Å². The average molecular weight is 125 g/mol. The van der Waals surface area contributed by atoms with Gasteiger partial charge in [-0.1, -0.05) is 6.58 Å². The number of hydrogen-bond donors (Lipinski definition) is 1. The number of allylic oxidation sites excluding steroid dienone is 1. The second kappa shape index (κ2) is 2.13. The first-order valence-corrected chi connectivity index (χ1v) is 3.00. The van der Waals surface area contributed by atoms with Gasteiger partial charge in [0.15, 0.2) is 5.88 Å². The minimum atomic E-state index is 0.458. The Balaban J connectivity index is 2.32. The highest BCUT2D eigenvalue weighted by Crippen LogP contribution is 2.10. The van der Waals surface area contributed by atoms with Crippen LogP contribution in [0.2, 0.25) is 0 Å². The highest BCUT2D eigenvalue weighted by Gasteiger charge is 2.13. The van der Waals surface area contributed by atoms with Crippen molar-refractivity contribution < 1.29 is 4.74 Å². The molecule has 0 amide bonds. The van der Waals surface area contributed by atoms with Crippen LogP contribution in [-0.2, 0) is 4.74 Å². The molecule has 0 radical (unpaired) electrons. The van der Waals surface area contributed by atoms with Gasteiger partial charge in [-0.3, -0.25) is 0 Å². The molecule has 0 unspecified atom stereocenters. The Morgan fingerprint density at radius 3 is 2.78 bits per heavy atom. The summed E-state index contributed by atoms with van der Waals surface area (Å²) in [6, 6.07) is 0.458. The highest BCUT2D eigenvalue weighted by atomic mass is 16.5. The molecule has 0 aromatic heterocycles. The number of rotatable bonds is 2. The Kier molecular flexibility index (Phi) is 1.47. The molecule has 1 aliphatic heterocycles. The molecule has 0 aromatic carbocycles. The van der Waals surface area contributed by atoms with Gasteiger partial charge in [0.25, 0.3) is 0 Å². The van der Waals surface area contributed by atoms with Crippen LogP contribution >= 0.6 is 0 Å². The summed E-state index contributed by atoms with van der Waals surface area (Å²) >= 11 is 0. The molecule has 0 saturated heterocycles. The van der Waals surface area contributed by atoms with Crippen molar-refractivity contribution in [3.8, 4) is 0 Å². The molecule has 1 atom stereocenters. The van der Waals surface area contributed by atoms with E-state index in [1.165, 1.54) is 0 Å². The average Bonchev–Trinajstić information content (AvgIpc) is 1.60. The quantitative estimate of drug-likeness (QED) is 0.563. The maximum Gasteiger partial charge on any atom is 0.191 e. The first-order valence-electron chi connectivity index (χ1n) is 3.00. The summed E-state index contributed by atoms with van der Waals surface area (Å²) < 4.78 is 5.11. The Morgan fingerprint density at radius 1 is 1.89 bits per heavy atom. The Morgan fingerprint density at radius 2 is 2.44 bits per heavy atom. The lowest BCUT2D eigenvalue weighted by atomic mass is 10.2. The van der Waals surface area contributed by atoms with Crippen molar-refractivity contribution in [2.45, 2.75) is 19.9 Å². The predicted octanol–water partition coefficient (Wildman–Crippen LogP) is 1.37. The van der Waals surface area contributed by atoms with Gasteiger partial charge in [0.05, 0.1) is 5.76 Å². The minimum Gasteiger partial charge on any atom is -0.447 e. The summed E-state index contributed by atoms with van der Waals surface area (Å²) in [4.78, 5) is 0. The summed E-state index contributed by atoms with van der Waals surface area (Å²) in [6.07, 6.45) is 2.01. The van der Waals surface area contributed by atoms with Gasteiger partial charge in [-0.15, -0.1) is 0 Å². The standard InChI is InChI=1S/C7H11NO/c1-5(2)9-7-4-6(3)8-7/h4,6,8H,1H2,2-3H3/t6-/m0/s1. The third kappa shape index (κ3) is 1.49. The summed E-state index contributed by atoms with van der Waals surface area (Å²) in [7, 11) is 0. The van der Waals surface area contributed by atoms with E-state index in [1.807, 2.05) is 13.0 Å². The molecule has 0 aromatic rings. The van der Waals surface area contributed by atoms with Crippen LogP contribution < -0.4 is 5.32 Å². The molecule has 0 saturated carbocycles. The van der Waals surface area contributed by atoms with Crippen molar-refractivity contribution in [2.75, 3.05) is 0 Å². The molecular weight excluding hydrogens is 114 g/mol. The van der Waals surface area contributed by atoms with Crippen molar-refractivity contribution in [3.05, 3.63) is 24.3 Å². The van der Waals surface area contributed by atoms with E-state index >= 15 is 0 Å². The van der Waals surface area contributed by atoms with Crippen molar-refractivity contribution in [2.24, 2.45) is 0 Å². The lowest BCUT2D eigenvalue weighted by molar-refractivity contribution is 0.247. The van der Waals surface area contributed by atoms with Crippen molar-refractivity contribution >= 4 is 0 Å². The monoisotopic (exact) mass is 125 g/mol. The Labute approximate surface area is 55.2 Å². The molecule has 2 nitrogen and oxygen atoms in total. The molecule has 1 aliphatic rings. The Bertz CT molecular complexity index is 160. The van der Waals surface area contributed by atoms with Crippen LogP contribution in [0.3, 0.4) is 0 Å². The zero-order valence-corrected chi connectivity index (χ0v) is 5.77. The van der Waals surface area contributed by atoms with E-state index in [0.29, 0.717) is 6.04 Å². The SMILES string of the molecule is C=C(C)OC1=C[C@H](C)N1. The van der Waals surface area contributed by atoms with Gasteiger partial charge in [-0.2, -0.15) is 0 Å². The molecular formula is C7H11NO. The Hall–Kier alpha value is -0.920. The van der Waals surface area contributed by atoms with Gasteiger partial charge >= 0.3 is 0 Å². The number of nitrogens with one attached hydrogen (secondary N) is 1. The third-order valence-corrected chi connectivity index (χ3v) is 1.06. The van der Waals surface area contributed by atoms with E-state index in [2.05, 4.69) is 18.8 Å². The summed E-state index contributed by atoms with van der Waals surface area (Å²) in [5.74, 6) is 1.55. The first kappa shape index (κ1) is 6.20. The largest absolute Gasteiger partial charge is 0.447 e.